The summed E-state index contributed by atoms with van der Waals surface area (Å²) in [5, 5.41) is 11.1. The highest BCUT2D eigenvalue weighted by atomic mass is 15.1. The van der Waals surface area contributed by atoms with Crippen molar-refractivity contribution in [2.75, 3.05) is 10.2 Å². The quantitative estimate of drug-likeness (QED) is 0.165. The molecule has 0 radical (unpaired) electrons. The molecule has 0 saturated heterocycles. The normalized spacial score (nSPS) is 10.9. The van der Waals surface area contributed by atoms with E-state index in [1.165, 1.54) is 54.6 Å². The monoisotopic (exact) mass is 716 g/mol. The van der Waals surface area contributed by atoms with E-state index in [4.69, 9.17) is 0 Å². The Balaban J connectivity index is 0.000000355. The summed E-state index contributed by atoms with van der Waals surface area (Å²) in [6.45, 7) is 0. The third-order valence-corrected chi connectivity index (χ3v) is 10.2. The first-order valence-electron chi connectivity index (χ1n) is 19.1. The van der Waals surface area contributed by atoms with Crippen molar-refractivity contribution in [2.45, 2.75) is 0 Å². The Morgan fingerprint density at radius 2 is 0.661 bits per heavy atom. The smallest absolute Gasteiger partial charge is 0.0468 e. The molecule has 10 rings (SSSR count). The third kappa shape index (κ3) is 7.12. The van der Waals surface area contributed by atoms with E-state index in [1.54, 1.807) is 0 Å². The van der Waals surface area contributed by atoms with Crippen LogP contribution in [0.4, 0.5) is 28.4 Å². The second-order valence-corrected chi connectivity index (χ2v) is 13.8. The van der Waals surface area contributed by atoms with E-state index in [0.717, 1.165) is 28.4 Å². The van der Waals surface area contributed by atoms with Gasteiger partial charge in [-0.15, -0.1) is 0 Å². The molecule has 0 unspecified atom stereocenters. The molecule has 1 N–H and O–H groups in total. The highest BCUT2D eigenvalue weighted by molar-refractivity contribution is 6.22. The van der Waals surface area contributed by atoms with E-state index in [9.17, 15) is 0 Å². The lowest BCUT2D eigenvalue weighted by molar-refractivity contribution is 1.29. The number of nitrogens with zero attached hydrogens (tertiary/aromatic N) is 1. The summed E-state index contributed by atoms with van der Waals surface area (Å²) in [5.41, 5.74) is 10.4. The van der Waals surface area contributed by atoms with Crippen molar-refractivity contribution in [3.63, 3.8) is 0 Å². The molecule has 0 saturated carbocycles. The second-order valence-electron chi connectivity index (χ2n) is 13.8. The van der Waals surface area contributed by atoms with Gasteiger partial charge in [0.25, 0.3) is 0 Å². The fourth-order valence-electron chi connectivity index (χ4n) is 7.69. The van der Waals surface area contributed by atoms with Gasteiger partial charge in [0.1, 0.15) is 0 Å². The van der Waals surface area contributed by atoms with E-state index in [1.807, 2.05) is 6.07 Å². The first-order valence-corrected chi connectivity index (χ1v) is 19.1. The van der Waals surface area contributed by atoms with Crippen molar-refractivity contribution >= 4 is 60.8 Å². The van der Waals surface area contributed by atoms with Crippen molar-refractivity contribution in [1.82, 2.24) is 0 Å². The van der Waals surface area contributed by atoms with Crippen LogP contribution in [0.5, 0.6) is 0 Å². The molecule has 0 heterocycles. The van der Waals surface area contributed by atoms with Crippen LogP contribution in [0.25, 0.3) is 54.6 Å². The maximum Gasteiger partial charge on any atom is 0.0468 e. The summed E-state index contributed by atoms with van der Waals surface area (Å²) < 4.78 is 0. The van der Waals surface area contributed by atoms with Gasteiger partial charge in [0.05, 0.1) is 0 Å². The van der Waals surface area contributed by atoms with Gasteiger partial charge >= 0.3 is 0 Å². The Bertz CT molecular complexity index is 2750. The number of fused-ring (bicyclic) bond motifs is 3. The van der Waals surface area contributed by atoms with Crippen molar-refractivity contribution in [2.24, 2.45) is 0 Å². The zero-order chi connectivity index (χ0) is 37.5. The molecule has 2 nitrogen and oxygen atoms in total. The van der Waals surface area contributed by atoms with Crippen molar-refractivity contribution in [3.8, 4) is 22.3 Å². The van der Waals surface area contributed by atoms with Crippen molar-refractivity contribution in [1.29, 1.82) is 0 Å². The lowest BCUT2D eigenvalue weighted by Gasteiger charge is -2.27. The van der Waals surface area contributed by atoms with Crippen LogP contribution in [0, 0.1) is 0 Å². The van der Waals surface area contributed by atoms with E-state index >= 15 is 0 Å². The van der Waals surface area contributed by atoms with Crippen LogP contribution < -0.4 is 10.2 Å². The maximum absolute atomic E-state index is 3.64. The number of rotatable bonds is 7. The number of anilines is 5. The molecular weight excluding hydrogens is 677 g/mol. The molecule has 0 amide bonds. The summed E-state index contributed by atoms with van der Waals surface area (Å²) in [6.07, 6.45) is 0. The van der Waals surface area contributed by atoms with Crippen LogP contribution >= 0.6 is 0 Å². The Labute approximate surface area is 328 Å². The molecule has 0 aliphatic carbocycles. The molecule has 0 aromatic heterocycles. The lowest BCUT2D eigenvalue weighted by atomic mass is 9.85. The number of para-hydroxylation sites is 3. The molecule has 0 aliphatic heterocycles. The second kappa shape index (κ2) is 15.9. The molecule has 0 atom stereocenters. The van der Waals surface area contributed by atoms with Gasteiger partial charge in [-0.05, 0) is 115 Å². The molecule has 2 heteroatoms. The van der Waals surface area contributed by atoms with Gasteiger partial charge in [-0.1, -0.05) is 176 Å². The van der Waals surface area contributed by atoms with E-state index in [-0.39, 0.29) is 0 Å². The zero-order valence-corrected chi connectivity index (χ0v) is 31.0. The molecule has 10 aromatic rings. The van der Waals surface area contributed by atoms with Crippen LogP contribution in [-0.2, 0) is 0 Å². The highest BCUT2D eigenvalue weighted by Crippen LogP contribution is 2.47. The van der Waals surface area contributed by atoms with Crippen LogP contribution in [0.3, 0.4) is 0 Å². The zero-order valence-electron chi connectivity index (χ0n) is 31.0. The average Bonchev–Trinajstić information content (AvgIpc) is 3.27. The Kier molecular flexibility index (Phi) is 9.75. The predicted octanol–water partition coefficient (Wildman–Crippen LogP) is 15.4. The minimum Gasteiger partial charge on any atom is -0.356 e. The van der Waals surface area contributed by atoms with Gasteiger partial charge < -0.3 is 10.2 Å². The standard InChI is InChI=1S/C44H32N2.C10H8/c1-6-16-32(17-7-1)43-40-29-27-38(46(36-22-12-4-13-23-36)37-24-14-5-15-25-37)31-42(40)44(33-18-8-2-9-19-33)39-28-26-35(30-41(39)43)45-34-20-10-3-11-21-34;1-2-6-10-8-4-3-7-9(10)5-1/h1-31,45H;1-8H. The van der Waals surface area contributed by atoms with Crippen LogP contribution in [0.15, 0.2) is 237 Å². The van der Waals surface area contributed by atoms with Crippen LogP contribution in [0.1, 0.15) is 0 Å². The average molecular weight is 717 g/mol. The van der Waals surface area contributed by atoms with Crippen LogP contribution in [0.2, 0.25) is 0 Å². The van der Waals surface area contributed by atoms with Crippen LogP contribution in [-0.4, -0.2) is 0 Å². The summed E-state index contributed by atoms with van der Waals surface area (Å²) >= 11 is 0. The molecule has 10 aromatic carbocycles. The van der Waals surface area contributed by atoms with Gasteiger partial charge in [-0.25, -0.2) is 0 Å². The molecule has 0 bridgehead atoms. The number of nitrogens with one attached hydrogen (secondary N) is 1. The van der Waals surface area contributed by atoms with Crippen molar-refractivity contribution in [3.05, 3.63) is 237 Å². The Hall–Kier alpha value is -7.42. The van der Waals surface area contributed by atoms with E-state index in [0.29, 0.717) is 0 Å². The fourth-order valence-corrected chi connectivity index (χ4v) is 7.69. The first kappa shape index (κ1) is 34.4. The van der Waals surface area contributed by atoms with Gasteiger partial charge in [0, 0.05) is 28.4 Å². The molecule has 0 fully saturated rings. The largest absolute Gasteiger partial charge is 0.356 e. The molecule has 266 valence electrons. The SMILES string of the molecule is c1ccc(Nc2ccc3c(-c4ccccc4)c4cc(N(c5ccccc5)c5ccccc5)ccc4c(-c4ccccc4)c3c2)cc1.c1ccc2ccccc2c1. The minimum absolute atomic E-state index is 1.06. The minimum atomic E-state index is 1.06. The maximum atomic E-state index is 3.64. The van der Waals surface area contributed by atoms with E-state index in [2.05, 4.69) is 241 Å². The molecular formula is C54H40N2. The van der Waals surface area contributed by atoms with Gasteiger partial charge in [0.2, 0.25) is 0 Å². The topological polar surface area (TPSA) is 15.3 Å². The third-order valence-electron chi connectivity index (χ3n) is 10.2. The van der Waals surface area contributed by atoms with Gasteiger partial charge in [-0.3, -0.25) is 0 Å². The first-order chi connectivity index (χ1) is 27.8. The fraction of sp³-hybridized carbons (Fsp3) is 0. The summed E-state index contributed by atoms with van der Waals surface area (Å²) in [5.74, 6) is 0. The highest BCUT2D eigenvalue weighted by Gasteiger charge is 2.20. The Morgan fingerprint density at radius 3 is 1.14 bits per heavy atom. The molecule has 0 aliphatic rings. The molecule has 0 spiro atoms. The summed E-state index contributed by atoms with van der Waals surface area (Å²) in [6, 6.07) is 83.7. The van der Waals surface area contributed by atoms with Crippen molar-refractivity contribution < 1.29 is 0 Å². The molecule has 56 heavy (non-hydrogen) atoms. The summed E-state index contributed by atoms with van der Waals surface area (Å²) in [4.78, 5) is 2.34. The number of benzene rings is 10. The summed E-state index contributed by atoms with van der Waals surface area (Å²) in [7, 11) is 0. The number of hydrogen-bond acceptors (Lipinski definition) is 2. The van der Waals surface area contributed by atoms with Gasteiger partial charge in [0.15, 0.2) is 0 Å². The van der Waals surface area contributed by atoms with E-state index < -0.39 is 0 Å². The number of hydrogen-bond donors (Lipinski definition) is 1. The predicted molar refractivity (Wildman–Crippen MR) is 241 cm³/mol. The Morgan fingerprint density at radius 1 is 0.268 bits per heavy atom. The lowest BCUT2D eigenvalue weighted by Crippen LogP contribution is -2.09. The van der Waals surface area contributed by atoms with Gasteiger partial charge in [-0.2, -0.15) is 0 Å².